The van der Waals surface area contributed by atoms with Crippen molar-refractivity contribution in [3.05, 3.63) is 89.5 Å². The van der Waals surface area contributed by atoms with Gasteiger partial charge in [-0.25, -0.2) is 4.79 Å². The van der Waals surface area contributed by atoms with Crippen LogP contribution in [0, 0.1) is 29.1 Å². The van der Waals surface area contributed by atoms with Gasteiger partial charge in [0.2, 0.25) is 0 Å². The van der Waals surface area contributed by atoms with Gasteiger partial charge >= 0.3 is 6.09 Å². The van der Waals surface area contributed by atoms with Crippen LogP contribution in [-0.2, 0) is 9.47 Å². The molecule has 0 radical (unpaired) electrons. The minimum absolute atomic E-state index is 0.0784. The summed E-state index contributed by atoms with van der Waals surface area (Å²) in [6.45, 7) is 1.01. The molecule has 0 spiro atoms. The molecule has 0 aromatic heterocycles. The first-order chi connectivity index (χ1) is 19.7. The van der Waals surface area contributed by atoms with Gasteiger partial charge in [0.1, 0.15) is 18.5 Å². The molecule has 7 rings (SSSR count). The average molecular weight is 536 g/mol. The highest BCUT2D eigenvalue weighted by Gasteiger charge is 2.69. The summed E-state index contributed by atoms with van der Waals surface area (Å²) < 4.78 is 16.9. The number of carbonyl (C=O) groups is 1. The van der Waals surface area contributed by atoms with Crippen molar-refractivity contribution < 1.29 is 19.0 Å². The van der Waals surface area contributed by atoms with E-state index in [2.05, 4.69) is 22.4 Å². The topological polar surface area (TPSA) is 83.8 Å². The molecule has 1 heterocycles. The van der Waals surface area contributed by atoms with Crippen molar-refractivity contribution in [2.45, 2.75) is 43.4 Å². The van der Waals surface area contributed by atoms with Gasteiger partial charge in [-0.05, 0) is 66.0 Å². The predicted molar refractivity (Wildman–Crippen MR) is 151 cm³/mol. The van der Waals surface area contributed by atoms with Crippen LogP contribution in [-0.4, -0.2) is 32.5 Å². The smallest absolute Gasteiger partial charge is 0.412 e. The molecule has 3 aromatic carbocycles. The van der Waals surface area contributed by atoms with E-state index in [-0.39, 0.29) is 18.1 Å². The SMILES string of the molecule is COCCOc1ccc2c(c1)N(C1C3CC31)C(c1ccc(NC(=O)OC(c3ccccc3)C3CC3)cc1)C2C#N. The Bertz CT molecular complexity index is 1420. The molecule has 1 amide bonds. The van der Waals surface area contributed by atoms with Crippen LogP contribution in [0.1, 0.15) is 54.0 Å². The Balaban J connectivity index is 1.09. The summed E-state index contributed by atoms with van der Waals surface area (Å²) in [5.74, 6) is 2.35. The number of hydrogen-bond acceptors (Lipinski definition) is 6. The van der Waals surface area contributed by atoms with Crippen molar-refractivity contribution in [2.24, 2.45) is 17.8 Å². The van der Waals surface area contributed by atoms with E-state index >= 15 is 0 Å². The maximum Gasteiger partial charge on any atom is 0.412 e. The van der Waals surface area contributed by atoms with Crippen molar-refractivity contribution in [2.75, 3.05) is 30.5 Å². The summed E-state index contributed by atoms with van der Waals surface area (Å²) in [4.78, 5) is 15.3. The van der Waals surface area contributed by atoms with E-state index in [1.165, 1.54) is 6.42 Å². The van der Waals surface area contributed by atoms with Crippen LogP contribution in [0.3, 0.4) is 0 Å². The molecule has 5 atom stereocenters. The molecule has 3 aromatic rings. The van der Waals surface area contributed by atoms with Gasteiger partial charge in [0.05, 0.1) is 24.6 Å². The van der Waals surface area contributed by atoms with Crippen LogP contribution in [0.5, 0.6) is 5.75 Å². The summed E-state index contributed by atoms with van der Waals surface area (Å²) in [7, 11) is 1.66. The first-order valence-electron chi connectivity index (χ1n) is 14.2. The number of nitriles is 1. The van der Waals surface area contributed by atoms with Crippen molar-refractivity contribution in [3.8, 4) is 11.8 Å². The van der Waals surface area contributed by atoms with E-state index in [9.17, 15) is 10.1 Å². The van der Waals surface area contributed by atoms with E-state index < -0.39 is 6.09 Å². The van der Waals surface area contributed by atoms with Crippen LogP contribution in [0.4, 0.5) is 16.2 Å². The number of anilines is 2. The van der Waals surface area contributed by atoms with Crippen LogP contribution in [0.15, 0.2) is 72.8 Å². The lowest BCUT2D eigenvalue weighted by Crippen LogP contribution is -2.32. The third-order valence-electron chi connectivity index (χ3n) is 8.79. The Morgan fingerprint density at radius 2 is 1.82 bits per heavy atom. The number of methoxy groups -OCH3 is 1. The number of hydrogen-bond donors (Lipinski definition) is 1. The van der Waals surface area contributed by atoms with Crippen LogP contribution >= 0.6 is 0 Å². The molecule has 3 saturated carbocycles. The van der Waals surface area contributed by atoms with Crippen molar-refractivity contribution >= 4 is 17.5 Å². The van der Waals surface area contributed by atoms with E-state index in [4.69, 9.17) is 14.2 Å². The number of ether oxygens (including phenoxy) is 3. The number of nitrogens with zero attached hydrogens (tertiary/aromatic N) is 2. The molecule has 3 fully saturated rings. The number of nitrogens with one attached hydrogen (secondary N) is 1. The van der Waals surface area contributed by atoms with Crippen molar-refractivity contribution in [3.63, 3.8) is 0 Å². The zero-order valence-corrected chi connectivity index (χ0v) is 22.5. The van der Waals surface area contributed by atoms with Gasteiger partial charge in [0.25, 0.3) is 0 Å². The number of amides is 1. The van der Waals surface area contributed by atoms with Crippen LogP contribution < -0.4 is 15.0 Å². The summed E-state index contributed by atoms with van der Waals surface area (Å²) >= 11 is 0. The molecule has 1 N–H and O–H groups in total. The number of benzene rings is 3. The summed E-state index contributed by atoms with van der Waals surface area (Å²) in [5, 5.41) is 13.2. The molecule has 1 aliphatic heterocycles. The van der Waals surface area contributed by atoms with Crippen molar-refractivity contribution in [1.29, 1.82) is 5.26 Å². The lowest BCUT2D eigenvalue weighted by atomic mass is 9.91. The fraction of sp³-hybridized carbons (Fsp3) is 0.394. The zero-order valence-electron chi connectivity index (χ0n) is 22.5. The number of carbonyl (C=O) groups excluding carboxylic acids is 1. The Morgan fingerprint density at radius 1 is 1.05 bits per heavy atom. The molecule has 0 bridgehead atoms. The third-order valence-corrected chi connectivity index (χ3v) is 8.79. The Kier molecular flexibility index (Phi) is 6.36. The molecule has 3 aliphatic carbocycles. The second-order valence-corrected chi connectivity index (χ2v) is 11.4. The Labute approximate surface area is 234 Å². The van der Waals surface area contributed by atoms with Gasteiger partial charge in [0, 0.05) is 36.5 Å². The molecule has 7 nitrogen and oxygen atoms in total. The lowest BCUT2D eigenvalue weighted by Gasteiger charge is -2.32. The van der Waals surface area contributed by atoms with E-state index in [0.29, 0.717) is 30.9 Å². The quantitative estimate of drug-likeness (QED) is 0.295. The Morgan fingerprint density at radius 3 is 2.48 bits per heavy atom. The van der Waals surface area contributed by atoms with E-state index in [0.717, 1.165) is 52.8 Å². The van der Waals surface area contributed by atoms with Gasteiger partial charge in [0.15, 0.2) is 0 Å². The maximum atomic E-state index is 12.8. The molecular weight excluding hydrogens is 502 g/mol. The molecule has 4 aliphatic rings. The highest BCUT2D eigenvalue weighted by molar-refractivity contribution is 5.85. The standard InChI is InChI=1S/C33H33N3O4/c1-38-15-16-39-24-13-14-25-28(19-34)30(36(29(25)17-24)31-26-18-27(26)31)20-9-11-23(12-10-20)35-33(37)40-32(22-7-8-22)21-5-3-2-4-6-21/h2-6,9-14,17,22,26-28,30-32H,7-8,15-16,18H2,1H3,(H,35,37). The number of rotatable bonds is 10. The predicted octanol–water partition coefficient (Wildman–Crippen LogP) is 6.60. The largest absolute Gasteiger partial charge is 0.491 e. The summed E-state index contributed by atoms with van der Waals surface area (Å²) in [6, 6.07) is 26.9. The molecule has 5 unspecified atom stereocenters. The van der Waals surface area contributed by atoms with E-state index in [1.807, 2.05) is 66.7 Å². The third kappa shape index (κ3) is 4.67. The first kappa shape index (κ1) is 25.0. The fourth-order valence-electron chi connectivity index (χ4n) is 6.32. The van der Waals surface area contributed by atoms with Gasteiger partial charge in [-0.15, -0.1) is 0 Å². The fourth-order valence-corrected chi connectivity index (χ4v) is 6.32. The summed E-state index contributed by atoms with van der Waals surface area (Å²) in [6.07, 6.45) is 2.75. The van der Waals surface area contributed by atoms with Crippen molar-refractivity contribution in [1.82, 2.24) is 0 Å². The lowest BCUT2D eigenvalue weighted by molar-refractivity contribution is 0.0975. The first-order valence-corrected chi connectivity index (χ1v) is 14.2. The molecule has 204 valence electrons. The molecule has 0 saturated heterocycles. The maximum absolute atomic E-state index is 12.8. The normalized spacial score (nSPS) is 26.2. The van der Waals surface area contributed by atoms with Crippen LogP contribution in [0.25, 0.3) is 0 Å². The zero-order chi connectivity index (χ0) is 27.2. The van der Waals surface area contributed by atoms with Crippen LogP contribution in [0.2, 0.25) is 0 Å². The van der Waals surface area contributed by atoms with Gasteiger partial charge < -0.3 is 19.1 Å². The summed E-state index contributed by atoms with van der Waals surface area (Å²) in [5.41, 5.74) is 4.92. The monoisotopic (exact) mass is 535 g/mol. The second-order valence-electron chi connectivity index (χ2n) is 11.4. The van der Waals surface area contributed by atoms with Gasteiger partial charge in [-0.1, -0.05) is 48.5 Å². The van der Waals surface area contributed by atoms with Gasteiger partial charge in [-0.2, -0.15) is 5.26 Å². The Hall–Kier alpha value is -4.02. The minimum Gasteiger partial charge on any atom is -0.491 e. The minimum atomic E-state index is -0.447. The molecule has 40 heavy (non-hydrogen) atoms. The molecule has 7 heteroatoms. The second kappa shape index (κ2) is 10.2. The van der Waals surface area contributed by atoms with E-state index in [1.54, 1.807) is 7.11 Å². The highest BCUT2D eigenvalue weighted by Crippen LogP contribution is 2.69. The molecular formula is C33H33N3O4. The highest BCUT2D eigenvalue weighted by atomic mass is 16.6. The number of fused-ring (bicyclic) bond motifs is 2. The average Bonchev–Trinajstić information content (AvgIpc) is 3.88. The van der Waals surface area contributed by atoms with Gasteiger partial charge in [-0.3, -0.25) is 5.32 Å².